The topological polar surface area (TPSA) is 80.0 Å². The van der Waals surface area contributed by atoms with Crippen molar-refractivity contribution < 1.29 is 9.90 Å². The van der Waals surface area contributed by atoms with Crippen LogP contribution in [0.25, 0.3) is 10.9 Å². The van der Waals surface area contributed by atoms with E-state index in [1.54, 1.807) is 23.2 Å². The summed E-state index contributed by atoms with van der Waals surface area (Å²) in [5.41, 5.74) is 3.73. The second kappa shape index (κ2) is 5.48. The summed E-state index contributed by atoms with van der Waals surface area (Å²) in [6.45, 7) is 3.87. The number of carboxylic acid groups (broad SMARTS) is 1. The van der Waals surface area contributed by atoms with Crippen LogP contribution >= 0.6 is 0 Å². The molecule has 0 aliphatic rings. The number of hydrogen-bond acceptors (Lipinski definition) is 4. The maximum atomic E-state index is 10.9. The molecule has 0 radical (unpaired) electrons. The van der Waals surface area contributed by atoms with Crippen molar-refractivity contribution in [3.63, 3.8) is 0 Å². The zero-order valence-corrected chi connectivity index (χ0v) is 12.4. The van der Waals surface area contributed by atoms with Gasteiger partial charge in [0.05, 0.1) is 16.9 Å². The fourth-order valence-electron chi connectivity index (χ4n) is 2.51. The summed E-state index contributed by atoms with van der Waals surface area (Å²) in [5.74, 6) is -0.177. The first-order valence-electron chi connectivity index (χ1n) is 6.91. The van der Waals surface area contributed by atoms with Crippen LogP contribution < -0.4 is 5.32 Å². The third kappa shape index (κ3) is 2.50. The molecule has 3 rings (SSSR count). The van der Waals surface area contributed by atoms with E-state index in [-0.39, 0.29) is 6.54 Å². The molecule has 0 saturated heterocycles. The lowest BCUT2D eigenvalue weighted by molar-refractivity contribution is -0.137. The summed E-state index contributed by atoms with van der Waals surface area (Å²) >= 11 is 0. The molecular weight excluding hydrogens is 280 g/mol. The molecule has 0 spiro atoms. The third-order valence-corrected chi connectivity index (χ3v) is 3.60. The fraction of sp³-hybridized carbons (Fsp3) is 0.188. The van der Waals surface area contributed by atoms with Gasteiger partial charge in [-0.1, -0.05) is 0 Å². The summed E-state index contributed by atoms with van der Waals surface area (Å²) in [6, 6.07) is 5.62. The quantitative estimate of drug-likeness (QED) is 0.774. The van der Waals surface area contributed by atoms with Gasteiger partial charge in [-0.25, -0.2) is 4.98 Å². The number of anilines is 2. The van der Waals surface area contributed by atoms with Crippen molar-refractivity contribution in [3.8, 4) is 0 Å². The summed E-state index contributed by atoms with van der Waals surface area (Å²) in [5, 5.41) is 13.2. The number of rotatable bonds is 4. The molecule has 0 aliphatic heterocycles. The van der Waals surface area contributed by atoms with Crippen LogP contribution in [0, 0.1) is 13.8 Å². The van der Waals surface area contributed by atoms with Crippen molar-refractivity contribution in [3.05, 3.63) is 48.0 Å². The van der Waals surface area contributed by atoms with Crippen LogP contribution in [0.15, 0.2) is 36.8 Å². The molecule has 3 aromatic heterocycles. The number of fused-ring (bicyclic) bond motifs is 1. The van der Waals surface area contributed by atoms with Crippen LogP contribution in [0.1, 0.15) is 11.3 Å². The van der Waals surface area contributed by atoms with Crippen molar-refractivity contribution >= 4 is 28.4 Å². The lowest BCUT2D eigenvalue weighted by atomic mass is 10.2. The van der Waals surface area contributed by atoms with E-state index < -0.39 is 5.97 Å². The van der Waals surface area contributed by atoms with Crippen molar-refractivity contribution in [2.45, 2.75) is 20.4 Å². The lowest BCUT2D eigenvalue weighted by Gasteiger charge is -2.12. The van der Waals surface area contributed by atoms with E-state index in [2.05, 4.69) is 15.3 Å². The number of nitrogens with zero attached hydrogens (tertiary/aromatic N) is 3. The third-order valence-electron chi connectivity index (χ3n) is 3.60. The molecule has 22 heavy (non-hydrogen) atoms. The molecule has 0 saturated carbocycles. The number of carboxylic acids is 1. The Kier molecular flexibility index (Phi) is 3.50. The molecule has 6 heteroatoms. The van der Waals surface area contributed by atoms with E-state index in [0.29, 0.717) is 5.82 Å². The fourth-order valence-corrected chi connectivity index (χ4v) is 2.51. The summed E-state index contributed by atoms with van der Waals surface area (Å²) in [6.07, 6.45) is 5.20. The van der Waals surface area contributed by atoms with Crippen LogP contribution in [0.4, 0.5) is 11.5 Å². The van der Waals surface area contributed by atoms with Gasteiger partial charge in [0.15, 0.2) is 0 Å². The molecule has 0 aromatic carbocycles. The number of aryl methyl sites for hydroxylation is 2. The van der Waals surface area contributed by atoms with Gasteiger partial charge in [-0.3, -0.25) is 9.78 Å². The highest BCUT2D eigenvalue weighted by atomic mass is 16.4. The zero-order valence-electron chi connectivity index (χ0n) is 12.4. The van der Waals surface area contributed by atoms with E-state index in [9.17, 15) is 4.79 Å². The predicted molar refractivity (Wildman–Crippen MR) is 84.4 cm³/mol. The minimum absolute atomic E-state index is 0.0715. The highest BCUT2D eigenvalue weighted by Crippen LogP contribution is 2.27. The Morgan fingerprint density at radius 1 is 1.23 bits per heavy atom. The zero-order chi connectivity index (χ0) is 15.7. The number of nitrogens with one attached hydrogen (secondary N) is 1. The Bertz CT molecular complexity index is 834. The van der Waals surface area contributed by atoms with Crippen molar-refractivity contribution in [1.82, 2.24) is 14.5 Å². The Labute approximate surface area is 127 Å². The van der Waals surface area contributed by atoms with Gasteiger partial charge in [0.25, 0.3) is 0 Å². The Morgan fingerprint density at radius 3 is 2.73 bits per heavy atom. The number of carbonyl (C=O) groups is 1. The lowest BCUT2D eigenvalue weighted by Crippen LogP contribution is -2.07. The van der Waals surface area contributed by atoms with Gasteiger partial charge in [-0.15, -0.1) is 0 Å². The largest absolute Gasteiger partial charge is 0.480 e. The van der Waals surface area contributed by atoms with Crippen LogP contribution in [0.2, 0.25) is 0 Å². The summed E-state index contributed by atoms with van der Waals surface area (Å²) < 4.78 is 1.69. The van der Waals surface area contributed by atoms with Gasteiger partial charge in [-0.2, -0.15) is 0 Å². The average molecular weight is 296 g/mol. The van der Waals surface area contributed by atoms with Crippen LogP contribution in [-0.2, 0) is 11.3 Å². The van der Waals surface area contributed by atoms with Crippen molar-refractivity contribution in [2.24, 2.45) is 0 Å². The minimum atomic E-state index is -0.872. The molecule has 0 amide bonds. The maximum absolute atomic E-state index is 10.9. The molecule has 112 valence electrons. The Hall–Kier alpha value is -2.89. The Balaban J connectivity index is 2.05. The average Bonchev–Trinajstić information content (AvgIpc) is 2.86. The molecule has 3 aromatic rings. The minimum Gasteiger partial charge on any atom is -0.480 e. The molecule has 6 nitrogen and oxygen atoms in total. The molecule has 2 N–H and O–H groups in total. The van der Waals surface area contributed by atoms with Gasteiger partial charge in [0.1, 0.15) is 12.4 Å². The first kappa shape index (κ1) is 14.1. The smallest absolute Gasteiger partial charge is 0.323 e. The van der Waals surface area contributed by atoms with E-state index in [1.807, 2.05) is 32.0 Å². The standard InChI is InChI=1S/C16H16N4O2/c1-10-3-6-17-11(2)15(10)19-16-12-5-8-20(9-14(21)22)13(12)4-7-18-16/h3-8H,9H2,1-2H3,(H,18,19)(H,21,22). The molecule has 3 heterocycles. The van der Waals surface area contributed by atoms with Gasteiger partial charge in [0, 0.05) is 24.0 Å². The monoisotopic (exact) mass is 296 g/mol. The highest BCUT2D eigenvalue weighted by molar-refractivity contribution is 5.92. The van der Waals surface area contributed by atoms with Gasteiger partial charge < -0.3 is 15.0 Å². The van der Waals surface area contributed by atoms with E-state index in [4.69, 9.17) is 5.11 Å². The molecule has 0 fully saturated rings. The van der Waals surface area contributed by atoms with Crippen LogP contribution in [0.5, 0.6) is 0 Å². The summed E-state index contributed by atoms with van der Waals surface area (Å²) in [4.78, 5) is 19.6. The molecule has 0 aliphatic carbocycles. The van der Waals surface area contributed by atoms with Crippen molar-refractivity contribution in [2.75, 3.05) is 5.32 Å². The molecule has 0 unspecified atom stereocenters. The SMILES string of the molecule is Cc1ccnc(C)c1Nc1nccc2c1ccn2CC(=O)O. The number of pyridine rings is 2. The van der Waals surface area contributed by atoms with E-state index >= 15 is 0 Å². The van der Waals surface area contributed by atoms with Crippen LogP contribution in [0.3, 0.4) is 0 Å². The van der Waals surface area contributed by atoms with Gasteiger partial charge in [0.2, 0.25) is 0 Å². The first-order valence-corrected chi connectivity index (χ1v) is 6.91. The number of aromatic nitrogens is 3. The van der Waals surface area contributed by atoms with Crippen molar-refractivity contribution in [1.29, 1.82) is 0 Å². The normalized spacial score (nSPS) is 10.8. The predicted octanol–water partition coefficient (Wildman–Crippen LogP) is 2.88. The molecular formula is C16H16N4O2. The van der Waals surface area contributed by atoms with Gasteiger partial charge in [-0.05, 0) is 37.6 Å². The maximum Gasteiger partial charge on any atom is 0.323 e. The van der Waals surface area contributed by atoms with E-state index in [1.165, 1.54) is 0 Å². The second-order valence-electron chi connectivity index (χ2n) is 5.14. The number of hydrogen-bond donors (Lipinski definition) is 2. The second-order valence-corrected chi connectivity index (χ2v) is 5.14. The summed E-state index contributed by atoms with van der Waals surface area (Å²) in [7, 11) is 0. The Morgan fingerprint density at radius 2 is 2.00 bits per heavy atom. The number of aliphatic carboxylic acids is 1. The van der Waals surface area contributed by atoms with E-state index in [0.717, 1.165) is 27.8 Å². The molecule has 0 atom stereocenters. The highest BCUT2D eigenvalue weighted by Gasteiger charge is 2.11. The van der Waals surface area contributed by atoms with Gasteiger partial charge >= 0.3 is 5.97 Å². The molecule has 0 bridgehead atoms. The van der Waals surface area contributed by atoms with Crippen LogP contribution in [-0.4, -0.2) is 25.6 Å². The first-order chi connectivity index (χ1) is 10.6.